The number of para-hydroxylation sites is 1. The van der Waals surface area contributed by atoms with Crippen molar-refractivity contribution >= 4 is 34.2 Å². The van der Waals surface area contributed by atoms with E-state index in [2.05, 4.69) is 14.7 Å². The van der Waals surface area contributed by atoms with E-state index < -0.39 is 11.2 Å². The van der Waals surface area contributed by atoms with Gasteiger partial charge in [0.15, 0.2) is 9.79 Å². The summed E-state index contributed by atoms with van der Waals surface area (Å²) in [4.78, 5) is 8.77. The fraction of sp³-hybridized carbons (Fsp3) is 0.429. The van der Waals surface area contributed by atoms with Crippen LogP contribution in [0, 0.1) is 0 Å². The number of aliphatic hydroxyl groups excluding tert-OH is 1. The van der Waals surface area contributed by atoms with E-state index in [4.69, 9.17) is 16.7 Å². The molecule has 5 nitrogen and oxygen atoms in total. The monoisotopic (exact) mass is 419 g/mol. The van der Waals surface area contributed by atoms with Gasteiger partial charge < -0.3 is 19.5 Å². The van der Waals surface area contributed by atoms with Crippen LogP contribution in [0.5, 0.6) is 0 Å². The number of hydrogen-bond acceptors (Lipinski definition) is 5. The Kier molecular flexibility index (Phi) is 6.45. The van der Waals surface area contributed by atoms with Gasteiger partial charge in [0.05, 0.1) is 18.0 Å². The molecule has 0 radical (unpaired) electrons. The second-order valence-electron chi connectivity index (χ2n) is 7.26. The molecule has 1 fully saturated rings. The van der Waals surface area contributed by atoms with Gasteiger partial charge in [-0.2, -0.15) is 0 Å². The molecule has 0 amide bonds. The van der Waals surface area contributed by atoms with Gasteiger partial charge in [0, 0.05) is 55.5 Å². The first kappa shape index (κ1) is 20.0. The molecule has 0 aromatic heterocycles. The van der Waals surface area contributed by atoms with E-state index in [0.29, 0.717) is 5.02 Å². The lowest BCUT2D eigenvalue weighted by molar-refractivity contribution is 0.112. The van der Waals surface area contributed by atoms with Crippen LogP contribution in [0.15, 0.2) is 52.3 Å². The molecule has 2 aliphatic rings. The van der Waals surface area contributed by atoms with Crippen molar-refractivity contribution in [1.29, 1.82) is 0 Å². The molecule has 0 aliphatic carbocycles. The van der Waals surface area contributed by atoms with Crippen molar-refractivity contribution in [3.63, 3.8) is 0 Å². The highest BCUT2D eigenvalue weighted by Gasteiger charge is 2.33. The summed E-state index contributed by atoms with van der Waals surface area (Å²) in [5.41, 5.74) is 1.97. The summed E-state index contributed by atoms with van der Waals surface area (Å²) in [6, 6.07) is 13.6. The maximum absolute atomic E-state index is 13.0. The molecule has 2 heterocycles. The molecule has 0 spiro atoms. The number of halogens is 1. The molecule has 0 saturated carbocycles. The molecule has 1 N–H and O–H groups in total. The Labute approximate surface area is 174 Å². The molecule has 2 aromatic carbocycles. The number of piperazine rings is 1. The van der Waals surface area contributed by atoms with Crippen LogP contribution in [0.3, 0.4) is 0 Å². The Bertz CT molecular complexity index is 814. The van der Waals surface area contributed by atoms with E-state index in [1.807, 2.05) is 42.5 Å². The van der Waals surface area contributed by atoms with Crippen LogP contribution in [0.1, 0.15) is 6.42 Å². The van der Waals surface area contributed by atoms with Crippen LogP contribution < -0.4 is 4.90 Å². The zero-order chi connectivity index (χ0) is 19.5. The number of nitrogens with zero attached hydrogens (tertiary/aromatic N) is 3. The van der Waals surface area contributed by atoms with Gasteiger partial charge in [-0.05, 0) is 43.3 Å². The number of β-amino-alcohol motifs (C(OH)–C–C–N with tert-alkyl or cyclic N) is 1. The fourth-order valence-corrected chi connectivity index (χ4v) is 5.54. The highest BCUT2D eigenvalue weighted by atomic mass is 35.5. The number of fused-ring (bicyclic) bond motifs is 2. The Morgan fingerprint density at radius 2 is 1.57 bits per heavy atom. The van der Waals surface area contributed by atoms with Gasteiger partial charge in [0.2, 0.25) is 0 Å². The largest absolute Gasteiger partial charge is 0.606 e. The topological polar surface area (TPSA) is 53.0 Å². The molecule has 2 aromatic rings. The van der Waals surface area contributed by atoms with E-state index in [0.717, 1.165) is 73.4 Å². The Morgan fingerprint density at radius 1 is 0.893 bits per heavy atom. The lowest BCUT2D eigenvalue weighted by Crippen LogP contribution is -2.47. The maximum Gasteiger partial charge on any atom is 0.182 e. The summed E-state index contributed by atoms with van der Waals surface area (Å²) in [5, 5.41) is 9.74. The summed E-state index contributed by atoms with van der Waals surface area (Å²) in [6.45, 7) is 7.02. The molecule has 28 heavy (non-hydrogen) atoms. The minimum Gasteiger partial charge on any atom is -0.606 e. The van der Waals surface area contributed by atoms with Crippen LogP contribution in [-0.2, 0) is 11.2 Å². The normalized spacial score (nSPS) is 20.1. The first-order valence-electron chi connectivity index (χ1n) is 9.81. The van der Waals surface area contributed by atoms with Crippen molar-refractivity contribution < 1.29 is 9.66 Å². The van der Waals surface area contributed by atoms with Crippen molar-refractivity contribution in [1.82, 2.24) is 9.80 Å². The van der Waals surface area contributed by atoms with E-state index in [9.17, 15) is 4.55 Å². The number of benzene rings is 2. The van der Waals surface area contributed by atoms with E-state index in [1.54, 1.807) is 0 Å². The van der Waals surface area contributed by atoms with Gasteiger partial charge >= 0.3 is 0 Å². The Hall–Kier alpha value is -1.28. The van der Waals surface area contributed by atoms with Gasteiger partial charge in [-0.15, -0.1) is 0 Å². The lowest BCUT2D eigenvalue weighted by Gasteiger charge is -2.36. The first-order chi connectivity index (χ1) is 13.7. The standard InChI is InChI=1S/C21H26ClN3O2S/c22-17-6-7-21-19(16-17)25(18-4-1-2-5-20(18)28(21)27)9-3-8-23-10-12-24(13-11-23)14-15-26/h1-2,4-7,16,26H,3,8-15H2. The van der Waals surface area contributed by atoms with E-state index >= 15 is 0 Å². The minimum atomic E-state index is -1.17. The number of anilines is 2. The number of rotatable bonds is 6. The Morgan fingerprint density at radius 3 is 2.32 bits per heavy atom. The second kappa shape index (κ2) is 9.03. The van der Waals surface area contributed by atoms with E-state index in [-0.39, 0.29) is 6.61 Å². The summed E-state index contributed by atoms with van der Waals surface area (Å²) >= 11 is 5.08. The number of aliphatic hydroxyl groups is 1. The smallest absolute Gasteiger partial charge is 0.182 e. The molecule has 1 saturated heterocycles. The summed E-state index contributed by atoms with van der Waals surface area (Å²) < 4.78 is 13.0. The lowest BCUT2D eigenvalue weighted by atomic mass is 10.2. The zero-order valence-electron chi connectivity index (χ0n) is 15.9. The molecule has 1 unspecified atom stereocenters. The van der Waals surface area contributed by atoms with Gasteiger partial charge in [-0.1, -0.05) is 23.7 Å². The maximum atomic E-state index is 13.0. The second-order valence-corrected chi connectivity index (χ2v) is 9.11. The molecule has 150 valence electrons. The fourth-order valence-electron chi connectivity index (χ4n) is 4.01. The molecular formula is C21H26ClN3O2S. The predicted molar refractivity (Wildman–Crippen MR) is 114 cm³/mol. The summed E-state index contributed by atoms with van der Waals surface area (Å²) in [7, 11) is 0. The highest BCUT2D eigenvalue weighted by Crippen LogP contribution is 2.44. The van der Waals surface area contributed by atoms with Gasteiger partial charge in [-0.3, -0.25) is 4.90 Å². The average Bonchev–Trinajstić information content (AvgIpc) is 2.72. The average molecular weight is 420 g/mol. The van der Waals surface area contributed by atoms with Crippen LogP contribution in [-0.4, -0.2) is 71.9 Å². The third-order valence-corrected chi connectivity index (χ3v) is 7.23. The highest BCUT2D eigenvalue weighted by molar-refractivity contribution is 7.92. The van der Waals surface area contributed by atoms with E-state index in [1.165, 1.54) is 0 Å². The Balaban J connectivity index is 1.45. The quantitative estimate of drug-likeness (QED) is 0.729. The minimum absolute atomic E-state index is 0.234. The molecular weight excluding hydrogens is 394 g/mol. The van der Waals surface area contributed by atoms with Gasteiger partial charge in [0.1, 0.15) is 0 Å². The van der Waals surface area contributed by atoms with Gasteiger partial charge in [0.25, 0.3) is 0 Å². The molecule has 7 heteroatoms. The SMILES string of the molecule is [O-][S+]1c2ccccc2N(CCCN2CCN(CCO)CC2)c2cc(Cl)ccc21. The van der Waals surface area contributed by atoms with Crippen LogP contribution in [0.25, 0.3) is 0 Å². The predicted octanol–water partition coefficient (Wildman–Crippen LogP) is 2.96. The first-order valence-corrected chi connectivity index (χ1v) is 11.3. The third kappa shape index (κ3) is 4.17. The summed E-state index contributed by atoms with van der Waals surface area (Å²) in [6.07, 6.45) is 1.02. The van der Waals surface area contributed by atoms with Crippen LogP contribution >= 0.6 is 11.6 Å². The van der Waals surface area contributed by atoms with Crippen molar-refractivity contribution in [2.75, 3.05) is 57.3 Å². The van der Waals surface area contributed by atoms with Crippen molar-refractivity contribution in [3.8, 4) is 0 Å². The zero-order valence-corrected chi connectivity index (χ0v) is 17.5. The number of hydrogen-bond donors (Lipinski definition) is 1. The van der Waals surface area contributed by atoms with Crippen LogP contribution in [0.2, 0.25) is 5.02 Å². The van der Waals surface area contributed by atoms with Crippen molar-refractivity contribution in [2.45, 2.75) is 16.2 Å². The molecule has 4 rings (SSSR count). The van der Waals surface area contributed by atoms with Crippen molar-refractivity contribution in [2.24, 2.45) is 0 Å². The van der Waals surface area contributed by atoms with Crippen LogP contribution in [0.4, 0.5) is 11.4 Å². The van der Waals surface area contributed by atoms with Gasteiger partial charge in [-0.25, -0.2) is 0 Å². The summed E-state index contributed by atoms with van der Waals surface area (Å²) in [5.74, 6) is 0. The third-order valence-electron chi connectivity index (χ3n) is 5.50. The molecule has 2 aliphatic heterocycles. The molecule has 1 atom stereocenters. The van der Waals surface area contributed by atoms with Crippen molar-refractivity contribution in [3.05, 3.63) is 47.5 Å². The molecule has 0 bridgehead atoms.